The van der Waals surface area contributed by atoms with Crippen molar-refractivity contribution in [1.29, 1.82) is 0 Å². The van der Waals surface area contributed by atoms with Gasteiger partial charge in [0.15, 0.2) is 6.61 Å². The molecule has 0 radical (unpaired) electrons. The van der Waals surface area contributed by atoms with Crippen LogP contribution in [0.25, 0.3) is 0 Å². The lowest BCUT2D eigenvalue weighted by Crippen LogP contribution is -2.28. The summed E-state index contributed by atoms with van der Waals surface area (Å²) in [6.07, 6.45) is 1.62. The largest absolute Gasteiger partial charge is 0.497 e. The van der Waals surface area contributed by atoms with Gasteiger partial charge in [-0.15, -0.1) is 0 Å². The highest BCUT2D eigenvalue weighted by molar-refractivity contribution is 6.00. The summed E-state index contributed by atoms with van der Waals surface area (Å²) in [5, 5.41) is 2.88. The molecule has 31 heavy (non-hydrogen) atoms. The van der Waals surface area contributed by atoms with Gasteiger partial charge in [-0.3, -0.25) is 14.4 Å². The predicted molar refractivity (Wildman–Crippen MR) is 118 cm³/mol. The van der Waals surface area contributed by atoms with E-state index in [0.717, 1.165) is 29.7 Å². The van der Waals surface area contributed by atoms with Gasteiger partial charge in [0.1, 0.15) is 5.75 Å². The van der Waals surface area contributed by atoms with Crippen LogP contribution in [0.2, 0.25) is 0 Å². The number of nitrogens with one attached hydrogen (secondary N) is 1. The van der Waals surface area contributed by atoms with Gasteiger partial charge < -0.3 is 19.7 Å². The average Bonchev–Trinajstić information content (AvgIpc) is 3.19. The molecule has 0 unspecified atom stereocenters. The molecule has 1 atom stereocenters. The summed E-state index contributed by atoms with van der Waals surface area (Å²) in [5.74, 6) is -1.08. The molecule has 7 heteroatoms. The Morgan fingerprint density at radius 2 is 1.77 bits per heavy atom. The molecular formula is C24H28N2O5. The van der Waals surface area contributed by atoms with E-state index in [9.17, 15) is 14.4 Å². The third kappa shape index (κ3) is 5.23. The van der Waals surface area contributed by atoms with Crippen molar-refractivity contribution >= 4 is 29.2 Å². The van der Waals surface area contributed by atoms with Crippen LogP contribution in [0, 0.1) is 5.92 Å². The number of ether oxygens (including phenoxy) is 2. The second-order valence-electron chi connectivity index (χ2n) is 7.42. The van der Waals surface area contributed by atoms with Crippen LogP contribution >= 0.6 is 0 Å². The minimum atomic E-state index is -0.611. The van der Waals surface area contributed by atoms with Gasteiger partial charge in [-0.1, -0.05) is 38.1 Å². The number of esters is 1. The van der Waals surface area contributed by atoms with Crippen LogP contribution in [-0.4, -0.2) is 38.0 Å². The number of hydrogen-bond acceptors (Lipinski definition) is 5. The molecule has 0 aromatic heterocycles. The fourth-order valence-electron chi connectivity index (χ4n) is 3.73. The summed E-state index contributed by atoms with van der Waals surface area (Å²) < 4.78 is 10.4. The Labute approximate surface area is 182 Å². The molecule has 164 valence electrons. The maximum absolute atomic E-state index is 12.5. The number of anilines is 2. The molecule has 7 nitrogen and oxygen atoms in total. The number of carbonyl (C=O) groups excluding carboxylic acids is 3. The predicted octanol–water partition coefficient (Wildman–Crippen LogP) is 3.35. The molecule has 3 rings (SSSR count). The number of amides is 2. The number of aryl methyl sites for hydroxylation is 2. The zero-order valence-corrected chi connectivity index (χ0v) is 18.1. The van der Waals surface area contributed by atoms with Gasteiger partial charge in [0, 0.05) is 30.4 Å². The number of nitrogens with zero attached hydrogens (tertiary/aromatic N) is 1. The van der Waals surface area contributed by atoms with Crippen LogP contribution in [0.4, 0.5) is 11.4 Å². The summed E-state index contributed by atoms with van der Waals surface area (Å²) in [6, 6.07) is 13.0. The Morgan fingerprint density at radius 3 is 2.42 bits per heavy atom. The molecule has 1 aliphatic rings. The smallest absolute Gasteiger partial charge is 0.311 e. The monoisotopic (exact) mass is 424 g/mol. The van der Waals surface area contributed by atoms with Gasteiger partial charge >= 0.3 is 5.97 Å². The fraction of sp³-hybridized carbons (Fsp3) is 0.375. The highest BCUT2D eigenvalue weighted by Gasteiger charge is 2.36. The standard InChI is InChI=1S/C24H28N2O5/c1-4-16-8-6-9-17(5-2)23(16)25-21(27)15-31-24(29)18-12-22(28)26(14-18)19-10-7-11-20(13-19)30-3/h6-11,13,18H,4-5,12,14-15H2,1-3H3,(H,25,27)/t18-/m0/s1. The van der Waals surface area contributed by atoms with Crippen molar-refractivity contribution in [3.8, 4) is 5.75 Å². The minimum absolute atomic E-state index is 0.0519. The maximum atomic E-state index is 12.5. The zero-order chi connectivity index (χ0) is 22.4. The molecule has 0 bridgehead atoms. The van der Waals surface area contributed by atoms with Crippen molar-refractivity contribution in [3.63, 3.8) is 0 Å². The Hall–Kier alpha value is -3.35. The quantitative estimate of drug-likeness (QED) is 0.657. The molecule has 0 aliphatic carbocycles. The van der Waals surface area contributed by atoms with Crippen LogP contribution < -0.4 is 15.0 Å². The Bertz CT molecular complexity index is 950. The molecule has 2 aromatic carbocycles. The SMILES string of the molecule is CCc1cccc(CC)c1NC(=O)COC(=O)[C@H]1CC(=O)N(c2cccc(OC)c2)C1. The minimum Gasteiger partial charge on any atom is -0.497 e. The number of carbonyl (C=O) groups is 3. The lowest BCUT2D eigenvalue weighted by molar-refractivity contribution is -0.151. The van der Waals surface area contributed by atoms with E-state index >= 15 is 0 Å². The number of para-hydroxylation sites is 1. The van der Waals surface area contributed by atoms with Gasteiger partial charge in [-0.25, -0.2) is 0 Å². The summed E-state index contributed by atoms with van der Waals surface area (Å²) >= 11 is 0. The van der Waals surface area contributed by atoms with Crippen molar-refractivity contribution in [2.24, 2.45) is 5.92 Å². The van der Waals surface area contributed by atoms with E-state index in [0.29, 0.717) is 11.4 Å². The summed E-state index contributed by atoms with van der Waals surface area (Å²) in [4.78, 5) is 38.8. The number of methoxy groups -OCH3 is 1. The van der Waals surface area contributed by atoms with Crippen LogP contribution in [-0.2, 0) is 32.0 Å². The second-order valence-corrected chi connectivity index (χ2v) is 7.42. The first-order valence-corrected chi connectivity index (χ1v) is 10.5. The Morgan fingerprint density at radius 1 is 1.10 bits per heavy atom. The van der Waals surface area contributed by atoms with Gasteiger partial charge in [-0.05, 0) is 36.1 Å². The van der Waals surface area contributed by atoms with E-state index in [1.807, 2.05) is 32.0 Å². The van der Waals surface area contributed by atoms with Crippen LogP contribution in [0.5, 0.6) is 5.75 Å². The fourth-order valence-corrected chi connectivity index (χ4v) is 3.73. The van der Waals surface area contributed by atoms with E-state index in [2.05, 4.69) is 5.32 Å². The first-order valence-electron chi connectivity index (χ1n) is 10.5. The molecule has 1 heterocycles. The van der Waals surface area contributed by atoms with Crippen molar-refractivity contribution in [1.82, 2.24) is 0 Å². The van der Waals surface area contributed by atoms with Gasteiger partial charge in [0.2, 0.25) is 5.91 Å². The maximum Gasteiger partial charge on any atom is 0.311 e. The summed E-state index contributed by atoms with van der Waals surface area (Å²) in [5.41, 5.74) is 3.53. The summed E-state index contributed by atoms with van der Waals surface area (Å²) in [6.45, 7) is 3.88. The summed E-state index contributed by atoms with van der Waals surface area (Å²) in [7, 11) is 1.55. The van der Waals surface area contributed by atoms with Gasteiger partial charge in [-0.2, -0.15) is 0 Å². The van der Waals surface area contributed by atoms with E-state index in [4.69, 9.17) is 9.47 Å². The third-order valence-electron chi connectivity index (χ3n) is 5.43. The molecule has 0 saturated carbocycles. The first-order chi connectivity index (χ1) is 15.0. The molecule has 1 aliphatic heterocycles. The first kappa shape index (κ1) is 22.3. The molecule has 2 amide bonds. The molecule has 1 fully saturated rings. The highest BCUT2D eigenvalue weighted by atomic mass is 16.5. The van der Waals surface area contributed by atoms with Crippen molar-refractivity contribution in [2.75, 3.05) is 30.5 Å². The molecule has 1 N–H and O–H groups in total. The van der Waals surface area contributed by atoms with Crippen molar-refractivity contribution in [3.05, 3.63) is 53.6 Å². The van der Waals surface area contributed by atoms with E-state index < -0.39 is 17.8 Å². The van der Waals surface area contributed by atoms with Crippen LogP contribution in [0.3, 0.4) is 0 Å². The normalized spacial score (nSPS) is 15.6. The molecular weight excluding hydrogens is 396 g/mol. The molecule has 0 spiro atoms. The van der Waals surface area contributed by atoms with Crippen molar-refractivity contribution < 1.29 is 23.9 Å². The third-order valence-corrected chi connectivity index (χ3v) is 5.43. The lowest BCUT2D eigenvalue weighted by atomic mass is 10.0. The lowest BCUT2D eigenvalue weighted by Gasteiger charge is -2.17. The highest BCUT2D eigenvalue weighted by Crippen LogP contribution is 2.28. The second kappa shape index (κ2) is 10.1. The topological polar surface area (TPSA) is 84.9 Å². The van der Waals surface area contributed by atoms with Gasteiger partial charge in [0.25, 0.3) is 5.91 Å². The van der Waals surface area contributed by atoms with E-state index in [1.54, 1.807) is 36.3 Å². The van der Waals surface area contributed by atoms with Crippen molar-refractivity contribution in [2.45, 2.75) is 33.1 Å². The number of benzene rings is 2. The van der Waals surface area contributed by atoms with E-state index in [1.165, 1.54) is 0 Å². The Kier molecular flexibility index (Phi) is 7.28. The van der Waals surface area contributed by atoms with Crippen LogP contribution in [0.1, 0.15) is 31.4 Å². The molecule has 2 aromatic rings. The number of rotatable bonds is 8. The number of hydrogen-bond donors (Lipinski definition) is 1. The molecule has 1 saturated heterocycles. The van der Waals surface area contributed by atoms with Crippen LogP contribution in [0.15, 0.2) is 42.5 Å². The zero-order valence-electron chi connectivity index (χ0n) is 18.1. The average molecular weight is 424 g/mol. The Balaban J connectivity index is 1.58. The van der Waals surface area contributed by atoms with E-state index in [-0.39, 0.29) is 25.5 Å². The van der Waals surface area contributed by atoms with Gasteiger partial charge in [0.05, 0.1) is 13.0 Å².